The van der Waals surface area contributed by atoms with E-state index in [-0.39, 0.29) is 0 Å². The monoisotopic (exact) mass is 310 g/mol. The van der Waals surface area contributed by atoms with Crippen molar-refractivity contribution < 1.29 is 0 Å². The summed E-state index contributed by atoms with van der Waals surface area (Å²) in [5.41, 5.74) is 5.93. The van der Waals surface area contributed by atoms with Crippen molar-refractivity contribution in [2.45, 2.75) is 19.8 Å². The molecule has 1 aliphatic rings. The Kier molecular flexibility index (Phi) is 2.72. The summed E-state index contributed by atoms with van der Waals surface area (Å²) in [7, 11) is 0. The number of hydrogen-bond donors (Lipinski definition) is 1. The van der Waals surface area contributed by atoms with Crippen LogP contribution >= 0.6 is 0 Å². The molecule has 0 atom stereocenters. The zero-order valence-corrected chi connectivity index (χ0v) is 13.8. The summed E-state index contributed by atoms with van der Waals surface area (Å²) in [5, 5.41) is 8.63. The zero-order valence-electron chi connectivity index (χ0n) is 13.8. The molecule has 116 valence electrons. The van der Waals surface area contributed by atoms with Crippen LogP contribution in [0.2, 0.25) is 0 Å². The molecular weight excluding hydrogens is 292 g/mol. The van der Waals surface area contributed by atoms with Crippen LogP contribution < -0.4 is 5.32 Å². The minimum atomic E-state index is 0.502. The molecule has 0 bridgehead atoms. The van der Waals surface area contributed by atoms with Crippen molar-refractivity contribution in [2.24, 2.45) is 0 Å². The Bertz CT molecular complexity index is 1110. The molecular formula is C22H18N2. The first kappa shape index (κ1) is 13.6. The van der Waals surface area contributed by atoms with Gasteiger partial charge in [0.25, 0.3) is 0 Å². The molecule has 0 saturated carbocycles. The summed E-state index contributed by atoms with van der Waals surface area (Å²) in [4.78, 5) is 4.72. The van der Waals surface area contributed by atoms with Crippen molar-refractivity contribution in [2.75, 3.05) is 5.32 Å². The summed E-state index contributed by atoms with van der Waals surface area (Å²) in [6.07, 6.45) is 1.93. The fourth-order valence-corrected chi connectivity index (χ4v) is 3.66. The summed E-state index contributed by atoms with van der Waals surface area (Å²) in [6.45, 7) is 4.47. The van der Waals surface area contributed by atoms with E-state index < -0.39 is 0 Å². The van der Waals surface area contributed by atoms with Crippen LogP contribution in [-0.4, -0.2) is 4.98 Å². The van der Waals surface area contributed by atoms with Crippen LogP contribution in [0.25, 0.3) is 32.8 Å². The minimum Gasteiger partial charge on any atom is -0.354 e. The molecule has 0 radical (unpaired) electrons. The van der Waals surface area contributed by atoms with Crippen molar-refractivity contribution in [1.82, 2.24) is 4.98 Å². The van der Waals surface area contributed by atoms with Crippen molar-refractivity contribution in [3.05, 3.63) is 66.4 Å². The Morgan fingerprint density at radius 2 is 1.62 bits per heavy atom. The molecule has 4 aromatic rings. The first-order valence-electron chi connectivity index (χ1n) is 8.43. The van der Waals surface area contributed by atoms with Gasteiger partial charge in [-0.1, -0.05) is 44.2 Å². The number of hydrogen-bond acceptors (Lipinski definition) is 2. The third-order valence-corrected chi connectivity index (χ3v) is 4.96. The predicted molar refractivity (Wildman–Crippen MR) is 102 cm³/mol. The number of pyridine rings is 1. The number of nitrogens with one attached hydrogen (secondary N) is 1. The fraction of sp³-hybridized carbons (Fsp3) is 0.136. The maximum Gasteiger partial charge on any atom is 0.0822 e. The van der Waals surface area contributed by atoms with Gasteiger partial charge >= 0.3 is 0 Å². The van der Waals surface area contributed by atoms with Gasteiger partial charge < -0.3 is 5.32 Å². The largest absolute Gasteiger partial charge is 0.354 e. The first-order chi connectivity index (χ1) is 11.7. The van der Waals surface area contributed by atoms with E-state index in [0.29, 0.717) is 5.92 Å². The molecule has 0 unspecified atom stereocenters. The number of aromatic nitrogens is 1. The molecule has 0 saturated heterocycles. The van der Waals surface area contributed by atoms with Crippen LogP contribution in [0.15, 0.2) is 60.8 Å². The van der Waals surface area contributed by atoms with Gasteiger partial charge in [-0.05, 0) is 51.9 Å². The van der Waals surface area contributed by atoms with Crippen LogP contribution in [0.1, 0.15) is 25.3 Å². The number of benzene rings is 3. The highest BCUT2D eigenvalue weighted by Crippen LogP contribution is 2.44. The van der Waals surface area contributed by atoms with E-state index in [4.69, 9.17) is 4.98 Å². The summed E-state index contributed by atoms with van der Waals surface area (Å²) >= 11 is 0. The maximum atomic E-state index is 4.72. The van der Waals surface area contributed by atoms with Crippen LogP contribution in [0, 0.1) is 0 Å². The van der Waals surface area contributed by atoms with E-state index in [2.05, 4.69) is 73.8 Å². The molecule has 1 aliphatic heterocycles. The second-order valence-electron chi connectivity index (χ2n) is 6.85. The molecule has 0 amide bonds. The van der Waals surface area contributed by atoms with Crippen molar-refractivity contribution >= 4 is 32.9 Å². The first-order valence-corrected chi connectivity index (χ1v) is 8.43. The normalized spacial score (nSPS) is 12.5. The minimum absolute atomic E-state index is 0.502. The van der Waals surface area contributed by atoms with Crippen LogP contribution in [0.5, 0.6) is 0 Å². The Labute approximate surface area is 141 Å². The second-order valence-corrected chi connectivity index (χ2v) is 6.85. The molecule has 3 aromatic carbocycles. The lowest BCUT2D eigenvalue weighted by Gasteiger charge is -2.23. The SMILES string of the molecule is CC(C)c1cc2c3c(nccc3c1)-c1cc3ccccc3cc1N2. The lowest BCUT2D eigenvalue weighted by molar-refractivity contribution is 0.869. The number of anilines is 2. The van der Waals surface area contributed by atoms with Gasteiger partial charge in [0.2, 0.25) is 0 Å². The predicted octanol–water partition coefficient (Wildman–Crippen LogP) is 6.24. The van der Waals surface area contributed by atoms with E-state index in [1.807, 2.05) is 6.20 Å². The van der Waals surface area contributed by atoms with E-state index in [0.717, 1.165) is 11.4 Å². The van der Waals surface area contributed by atoms with Crippen LogP contribution in [0.4, 0.5) is 11.4 Å². The third-order valence-electron chi connectivity index (χ3n) is 4.96. The van der Waals surface area contributed by atoms with Crippen molar-refractivity contribution in [3.63, 3.8) is 0 Å². The lowest BCUT2D eigenvalue weighted by atomic mass is 9.91. The second kappa shape index (κ2) is 4.81. The summed E-state index contributed by atoms with van der Waals surface area (Å²) in [5.74, 6) is 0.502. The molecule has 2 heterocycles. The highest BCUT2D eigenvalue weighted by molar-refractivity contribution is 6.12. The number of fused-ring (bicyclic) bond motifs is 3. The number of rotatable bonds is 1. The maximum absolute atomic E-state index is 4.72. The molecule has 1 aromatic heterocycles. The van der Waals surface area contributed by atoms with Gasteiger partial charge in [0.05, 0.1) is 5.69 Å². The summed E-state index contributed by atoms with van der Waals surface area (Å²) < 4.78 is 0. The van der Waals surface area contributed by atoms with Crippen molar-refractivity contribution in [1.29, 1.82) is 0 Å². The van der Waals surface area contributed by atoms with Crippen LogP contribution in [-0.2, 0) is 0 Å². The van der Waals surface area contributed by atoms with Gasteiger partial charge in [-0.3, -0.25) is 4.98 Å². The molecule has 24 heavy (non-hydrogen) atoms. The topological polar surface area (TPSA) is 24.9 Å². The average Bonchev–Trinajstić information content (AvgIpc) is 2.60. The zero-order chi connectivity index (χ0) is 16.3. The highest BCUT2D eigenvalue weighted by atomic mass is 14.9. The lowest BCUT2D eigenvalue weighted by Crippen LogP contribution is -2.04. The van der Waals surface area contributed by atoms with E-state index >= 15 is 0 Å². The van der Waals surface area contributed by atoms with Crippen LogP contribution in [0.3, 0.4) is 0 Å². The molecule has 1 N–H and O–H groups in total. The third kappa shape index (κ3) is 1.86. The molecule has 5 rings (SSSR count). The van der Waals surface area contributed by atoms with Crippen molar-refractivity contribution in [3.8, 4) is 11.3 Å². The molecule has 0 fully saturated rings. The standard InChI is InChI=1S/C22H18N2/c1-13(2)17-9-16-7-8-23-22-18-10-14-5-3-4-6-15(14)11-19(18)24-20(12-17)21(16)22/h3-13,24H,1-2H3. The molecule has 2 nitrogen and oxygen atoms in total. The molecule has 0 spiro atoms. The van der Waals surface area contributed by atoms with E-state index in [1.54, 1.807) is 0 Å². The Hall–Kier alpha value is -2.87. The Balaban J connectivity index is 1.87. The Morgan fingerprint density at radius 3 is 2.42 bits per heavy atom. The quantitative estimate of drug-likeness (QED) is 0.396. The fourth-order valence-electron chi connectivity index (χ4n) is 3.66. The summed E-state index contributed by atoms with van der Waals surface area (Å²) in [6, 6.07) is 19.7. The average molecular weight is 310 g/mol. The molecule has 0 aliphatic carbocycles. The van der Waals surface area contributed by atoms with Gasteiger partial charge in [-0.2, -0.15) is 0 Å². The van der Waals surface area contributed by atoms with Gasteiger partial charge in [0, 0.05) is 28.5 Å². The van der Waals surface area contributed by atoms with Gasteiger partial charge in [-0.25, -0.2) is 0 Å². The number of nitrogens with zero attached hydrogens (tertiary/aromatic N) is 1. The van der Waals surface area contributed by atoms with E-state index in [1.165, 1.54) is 38.4 Å². The Morgan fingerprint density at radius 1 is 0.833 bits per heavy atom. The molecule has 2 heteroatoms. The van der Waals surface area contributed by atoms with Gasteiger partial charge in [-0.15, -0.1) is 0 Å². The highest BCUT2D eigenvalue weighted by Gasteiger charge is 2.20. The van der Waals surface area contributed by atoms with E-state index in [9.17, 15) is 0 Å². The van der Waals surface area contributed by atoms with Gasteiger partial charge in [0.15, 0.2) is 0 Å². The van der Waals surface area contributed by atoms with Gasteiger partial charge in [0.1, 0.15) is 0 Å². The smallest absolute Gasteiger partial charge is 0.0822 e.